The molecule has 0 aliphatic heterocycles. The Kier molecular flexibility index (Phi) is 4.83. The topological polar surface area (TPSA) is 46.2 Å². The molecule has 2 aromatic rings. The van der Waals surface area contributed by atoms with E-state index in [1.54, 1.807) is 25.1 Å². The van der Waals surface area contributed by atoms with Gasteiger partial charge in [0.05, 0.1) is 0 Å². The van der Waals surface area contributed by atoms with Gasteiger partial charge in [-0.05, 0) is 42.3 Å². The minimum Gasteiger partial charge on any atom is -0.346 e. The molecule has 0 saturated carbocycles. The number of hydrogen-bond acceptors (Lipinski definition) is 2. The summed E-state index contributed by atoms with van der Waals surface area (Å²) in [6.07, 6.45) is 0.695. The summed E-state index contributed by atoms with van der Waals surface area (Å²) in [6.45, 7) is 1.61. The minimum absolute atomic E-state index is 0.102. The summed E-state index contributed by atoms with van der Waals surface area (Å²) in [6, 6.07) is 8.26. The third kappa shape index (κ3) is 3.77. The fourth-order valence-corrected chi connectivity index (χ4v) is 2.06. The average molecular weight is 321 g/mol. The number of aryl methyl sites for hydroxylation is 1. The first-order chi connectivity index (χ1) is 10.8. The number of rotatable bonds is 5. The van der Waals surface area contributed by atoms with Crippen LogP contribution in [0.3, 0.4) is 0 Å². The third-order valence-electron chi connectivity index (χ3n) is 3.41. The molecular formula is C17H14F3NO2. The maximum absolute atomic E-state index is 14.0. The van der Waals surface area contributed by atoms with Crippen LogP contribution in [0, 0.1) is 12.7 Å². The summed E-state index contributed by atoms with van der Waals surface area (Å²) in [4.78, 5) is 22.4. The zero-order chi connectivity index (χ0) is 17.0. The predicted octanol–water partition coefficient (Wildman–Crippen LogP) is 3.35. The molecule has 0 bridgehead atoms. The van der Waals surface area contributed by atoms with Crippen molar-refractivity contribution in [2.45, 2.75) is 19.4 Å². The SMILES string of the molecule is Cc1cc(CNC(=O)C(F)(F)c2ccc(F)cc2)ccc1C=O. The van der Waals surface area contributed by atoms with Crippen LogP contribution in [-0.4, -0.2) is 12.2 Å². The van der Waals surface area contributed by atoms with Crippen LogP contribution in [0.4, 0.5) is 13.2 Å². The molecule has 0 aliphatic rings. The van der Waals surface area contributed by atoms with Crippen LogP contribution < -0.4 is 5.32 Å². The quantitative estimate of drug-likeness (QED) is 0.859. The lowest BCUT2D eigenvalue weighted by Crippen LogP contribution is -2.37. The van der Waals surface area contributed by atoms with E-state index in [1.807, 2.05) is 0 Å². The lowest BCUT2D eigenvalue weighted by Gasteiger charge is -2.16. The van der Waals surface area contributed by atoms with Gasteiger partial charge in [-0.25, -0.2) is 4.39 Å². The van der Waals surface area contributed by atoms with Crippen molar-refractivity contribution in [2.75, 3.05) is 0 Å². The molecule has 0 heterocycles. The number of aldehydes is 1. The van der Waals surface area contributed by atoms with Crippen molar-refractivity contribution in [3.63, 3.8) is 0 Å². The molecule has 0 unspecified atom stereocenters. The van der Waals surface area contributed by atoms with Gasteiger partial charge >= 0.3 is 5.92 Å². The molecule has 23 heavy (non-hydrogen) atoms. The summed E-state index contributed by atoms with van der Waals surface area (Å²) >= 11 is 0. The normalized spacial score (nSPS) is 11.1. The van der Waals surface area contributed by atoms with Gasteiger partial charge in [0, 0.05) is 17.7 Å². The largest absolute Gasteiger partial charge is 0.349 e. The summed E-state index contributed by atoms with van der Waals surface area (Å²) in [7, 11) is 0. The van der Waals surface area contributed by atoms with Crippen molar-refractivity contribution >= 4 is 12.2 Å². The highest BCUT2D eigenvalue weighted by Gasteiger charge is 2.40. The Labute approximate surface area is 131 Å². The van der Waals surface area contributed by atoms with Crippen LogP contribution in [0.5, 0.6) is 0 Å². The second-order valence-corrected chi connectivity index (χ2v) is 5.07. The molecule has 1 N–H and O–H groups in total. The number of halogens is 3. The Balaban J connectivity index is 2.07. The molecule has 120 valence electrons. The highest BCUT2D eigenvalue weighted by Crippen LogP contribution is 2.28. The smallest absolute Gasteiger partial charge is 0.346 e. The van der Waals surface area contributed by atoms with E-state index in [1.165, 1.54) is 0 Å². The third-order valence-corrected chi connectivity index (χ3v) is 3.41. The second kappa shape index (κ2) is 6.64. The van der Waals surface area contributed by atoms with Gasteiger partial charge in [0.1, 0.15) is 12.1 Å². The molecule has 0 radical (unpaired) electrons. The van der Waals surface area contributed by atoms with Gasteiger partial charge in [-0.1, -0.05) is 18.2 Å². The Morgan fingerprint density at radius 1 is 1.17 bits per heavy atom. The Hall–Kier alpha value is -2.63. The number of carbonyl (C=O) groups excluding carboxylic acids is 2. The van der Waals surface area contributed by atoms with Crippen LogP contribution >= 0.6 is 0 Å². The number of hydrogen-bond donors (Lipinski definition) is 1. The number of nitrogens with one attached hydrogen (secondary N) is 1. The van der Waals surface area contributed by atoms with Gasteiger partial charge in [0.15, 0.2) is 0 Å². The van der Waals surface area contributed by atoms with Crippen molar-refractivity contribution in [2.24, 2.45) is 0 Å². The monoisotopic (exact) mass is 321 g/mol. The fraction of sp³-hybridized carbons (Fsp3) is 0.176. The van der Waals surface area contributed by atoms with Gasteiger partial charge in [0.25, 0.3) is 5.91 Å². The number of amides is 1. The number of benzene rings is 2. The van der Waals surface area contributed by atoms with Crippen molar-refractivity contribution in [1.29, 1.82) is 0 Å². The highest BCUT2D eigenvalue weighted by molar-refractivity contribution is 5.84. The maximum Gasteiger partial charge on any atom is 0.349 e. The first-order valence-corrected chi connectivity index (χ1v) is 6.81. The van der Waals surface area contributed by atoms with E-state index in [2.05, 4.69) is 5.32 Å². The molecular weight excluding hydrogens is 307 g/mol. The van der Waals surface area contributed by atoms with Gasteiger partial charge in [-0.3, -0.25) is 9.59 Å². The fourth-order valence-electron chi connectivity index (χ4n) is 2.06. The second-order valence-electron chi connectivity index (χ2n) is 5.07. The van der Waals surface area contributed by atoms with Crippen LogP contribution in [-0.2, 0) is 17.3 Å². The maximum atomic E-state index is 14.0. The van der Waals surface area contributed by atoms with E-state index in [4.69, 9.17) is 0 Å². The first kappa shape index (κ1) is 16.7. The lowest BCUT2D eigenvalue weighted by molar-refractivity contribution is -0.147. The Bertz CT molecular complexity index is 727. The Morgan fingerprint density at radius 2 is 1.83 bits per heavy atom. The van der Waals surface area contributed by atoms with Gasteiger partial charge in [0.2, 0.25) is 0 Å². The lowest BCUT2D eigenvalue weighted by atomic mass is 10.1. The van der Waals surface area contributed by atoms with E-state index in [9.17, 15) is 22.8 Å². The predicted molar refractivity (Wildman–Crippen MR) is 78.7 cm³/mol. The van der Waals surface area contributed by atoms with E-state index >= 15 is 0 Å². The zero-order valence-electron chi connectivity index (χ0n) is 12.3. The van der Waals surface area contributed by atoms with E-state index in [0.717, 1.165) is 24.3 Å². The minimum atomic E-state index is -3.76. The highest BCUT2D eigenvalue weighted by atomic mass is 19.3. The summed E-state index contributed by atoms with van der Waals surface area (Å²) in [5.41, 5.74) is 1.20. The van der Waals surface area contributed by atoms with Gasteiger partial charge in [-0.15, -0.1) is 0 Å². The van der Waals surface area contributed by atoms with Crippen LogP contribution in [0.15, 0.2) is 42.5 Å². The molecule has 2 rings (SSSR count). The van der Waals surface area contributed by atoms with Crippen LogP contribution in [0.2, 0.25) is 0 Å². The van der Waals surface area contributed by atoms with Crippen molar-refractivity contribution in [3.8, 4) is 0 Å². The number of carbonyl (C=O) groups is 2. The van der Waals surface area contributed by atoms with Crippen LogP contribution in [0.25, 0.3) is 0 Å². The van der Waals surface area contributed by atoms with Gasteiger partial charge in [-0.2, -0.15) is 8.78 Å². The standard InChI is InChI=1S/C17H14F3NO2/c1-11-8-12(2-3-13(11)10-22)9-21-16(23)17(19,20)14-4-6-15(18)7-5-14/h2-8,10H,9H2,1H3,(H,21,23). The van der Waals surface area contributed by atoms with E-state index < -0.39 is 23.2 Å². The molecule has 1 amide bonds. The molecule has 0 aliphatic carbocycles. The van der Waals surface area contributed by atoms with Crippen molar-refractivity contribution in [1.82, 2.24) is 5.32 Å². The van der Waals surface area contributed by atoms with Crippen molar-refractivity contribution in [3.05, 3.63) is 70.5 Å². The zero-order valence-corrected chi connectivity index (χ0v) is 12.3. The molecule has 0 spiro atoms. The van der Waals surface area contributed by atoms with Crippen molar-refractivity contribution < 1.29 is 22.8 Å². The summed E-state index contributed by atoms with van der Waals surface area (Å²) < 4.78 is 40.8. The van der Waals surface area contributed by atoms with Gasteiger partial charge < -0.3 is 5.32 Å². The molecule has 0 aromatic heterocycles. The molecule has 0 atom stereocenters. The molecule has 6 heteroatoms. The molecule has 0 fully saturated rings. The molecule has 3 nitrogen and oxygen atoms in total. The number of alkyl halides is 2. The van der Waals surface area contributed by atoms with Crippen LogP contribution in [0.1, 0.15) is 27.0 Å². The first-order valence-electron chi connectivity index (χ1n) is 6.81. The summed E-state index contributed by atoms with van der Waals surface area (Å²) in [5, 5.41) is 2.15. The van der Waals surface area contributed by atoms with E-state index in [-0.39, 0.29) is 6.54 Å². The molecule has 0 saturated heterocycles. The Morgan fingerprint density at radius 3 is 2.39 bits per heavy atom. The average Bonchev–Trinajstić information content (AvgIpc) is 2.53. The molecule has 2 aromatic carbocycles. The van der Waals surface area contributed by atoms with E-state index in [0.29, 0.717) is 23.0 Å². The summed E-state index contributed by atoms with van der Waals surface area (Å²) in [5.74, 6) is -5.89.